The summed E-state index contributed by atoms with van der Waals surface area (Å²) in [4.78, 5) is 19.2. The minimum absolute atomic E-state index is 0.166. The van der Waals surface area contributed by atoms with Crippen molar-refractivity contribution in [1.29, 1.82) is 0 Å². The van der Waals surface area contributed by atoms with E-state index in [9.17, 15) is 4.79 Å². The average Bonchev–Trinajstić information content (AvgIpc) is 3.03. The molecule has 0 aliphatic rings. The molecule has 3 aromatic rings. The summed E-state index contributed by atoms with van der Waals surface area (Å²) in [6.07, 6.45) is 3.92. The molecule has 8 nitrogen and oxygen atoms in total. The van der Waals surface area contributed by atoms with Gasteiger partial charge in [-0.15, -0.1) is 5.10 Å². The van der Waals surface area contributed by atoms with Crippen molar-refractivity contribution in [3.8, 4) is 17.2 Å². The van der Waals surface area contributed by atoms with E-state index in [1.165, 1.54) is 5.56 Å². The van der Waals surface area contributed by atoms with Crippen molar-refractivity contribution in [2.24, 2.45) is 0 Å². The van der Waals surface area contributed by atoms with Gasteiger partial charge in [-0.2, -0.15) is 0 Å². The molecule has 3 rings (SSSR count). The topological polar surface area (TPSA) is 106 Å². The minimum atomic E-state index is -0.610. The summed E-state index contributed by atoms with van der Waals surface area (Å²) in [6, 6.07) is 7.89. The molecule has 2 heterocycles. The van der Waals surface area contributed by atoms with E-state index in [-0.39, 0.29) is 5.89 Å². The maximum absolute atomic E-state index is 10.9. The highest BCUT2D eigenvalue weighted by Gasteiger charge is 2.06. The summed E-state index contributed by atoms with van der Waals surface area (Å²) < 4.78 is 9.96. The van der Waals surface area contributed by atoms with Gasteiger partial charge in [-0.25, -0.2) is 19.9 Å². The zero-order valence-electron chi connectivity index (χ0n) is 12.4. The van der Waals surface area contributed by atoms with Gasteiger partial charge in [0.25, 0.3) is 5.89 Å². The smallest absolute Gasteiger partial charge is 0.434 e. The fraction of sp³-hybridized carbons (Fsp3) is 0.200. The van der Waals surface area contributed by atoms with Crippen molar-refractivity contribution < 1.29 is 9.15 Å². The normalized spacial score (nSPS) is 10.5. The van der Waals surface area contributed by atoms with Crippen LogP contribution in [0.25, 0.3) is 11.5 Å². The third kappa shape index (κ3) is 3.73. The van der Waals surface area contributed by atoms with Gasteiger partial charge in [-0.1, -0.05) is 12.1 Å². The number of hydrogen-bond donors (Lipinski definition) is 2. The number of nitrogens with zero attached hydrogens (tertiary/aromatic N) is 3. The lowest BCUT2D eigenvalue weighted by Crippen LogP contribution is -2.07. The van der Waals surface area contributed by atoms with Crippen LogP contribution in [-0.2, 0) is 6.42 Å². The molecule has 2 aromatic heterocycles. The standard InChI is InChI=1S/C15H15N5O3/c1-22-12-4-2-10(3-5-12)6-7-16-14-17-8-11(9-18-14)13-19-20-15(21)23-13/h2-5,8-9H,6-7H2,1H3,(H,20,21)(H,16,17,18). The van der Waals surface area contributed by atoms with Crippen LogP contribution in [0, 0.1) is 0 Å². The van der Waals surface area contributed by atoms with E-state index in [2.05, 4.69) is 25.5 Å². The Hall–Kier alpha value is -3.16. The van der Waals surface area contributed by atoms with Gasteiger partial charge in [-0.05, 0) is 24.1 Å². The van der Waals surface area contributed by atoms with Crippen molar-refractivity contribution in [3.63, 3.8) is 0 Å². The molecule has 1 aromatic carbocycles. The van der Waals surface area contributed by atoms with Crippen LogP contribution in [0.5, 0.6) is 5.75 Å². The van der Waals surface area contributed by atoms with Crippen LogP contribution in [-0.4, -0.2) is 33.8 Å². The fourth-order valence-electron chi connectivity index (χ4n) is 1.99. The van der Waals surface area contributed by atoms with Crippen LogP contribution in [0.4, 0.5) is 5.95 Å². The number of anilines is 1. The van der Waals surface area contributed by atoms with Crippen LogP contribution >= 0.6 is 0 Å². The first-order valence-electron chi connectivity index (χ1n) is 6.99. The van der Waals surface area contributed by atoms with Gasteiger partial charge in [-0.3, -0.25) is 0 Å². The molecule has 0 fully saturated rings. The number of ether oxygens (including phenoxy) is 1. The van der Waals surface area contributed by atoms with Gasteiger partial charge in [0.2, 0.25) is 5.95 Å². The Morgan fingerprint density at radius 3 is 2.57 bits per heavy atom. The molecule has 0 amide bonds. The summed E-state index contributed by atoms with van der Waals surface area (Å²) in [5.74, 6) is 0.896. The number of aromatic nitrogens is 4. The Morgan fingerprint density at radius 1 is 1.22 bits per heavy atom. The van der Waals surface area contributed by atoms with E-state index in [1.807, 2.05) is 24.3 Å². The van der Waals surface area contributed by atoms with Crippen LogP contribution in [0.1, 0.15) is 5.56 Å². The molecular formula is C15H15N5O3. The Labute approximate surface area is 131 Å². The second-order valence-electron chi connectivity index (χ2n) is 4.74. The highest BCUT2D eigenvalue weighted by atomic mass is 16.5. The number of benzene rings is 1. The van der Waals surface area contributed by atoms with E-state index in [0.29, 0.717) is 18.1 Å². The molecule has 0 bridgehead atoms. The monoisotopic (exact) mass is 313 g/mol. The summed E-state index contributed by atoms with van der Waals surface area (Å²) in [5.41, 5.74) is 1.72. The minimum Gasteiger partial charge on any atom is -0.497 e. The molecule has 23 heavy (non-hydrogen) atoms. The summed E-state index contributed by atoms with van der Waals surface area (Å²) >= 11 is 0. The highest BCUT2D eigenvalue weighted by molar-refractivity contribution is 5.50. The predicted molar refractivity (Wildman–Crippen MR) is 83.3 cm³/mol. The Balaban J connectivity index is 1.55. The van der Waals surface area contributed by atoms with Crippen molar-refractivity contribution >= 4 is 5.95 Å². The molecule has 0 aliphatic heterocycles. The maximum atomic E-state index is 10.9. The van der Waals surface area contributed by atoms with Crippen molar-refractivity contribution in [2.75, 3.05) is 19.0 Å². The molecule has 0 saturated carbocycles. The molecule has 0 unspecified atom stereocenters. The number of aromatic amines is 1. The first-order valence-corrected chi connectivity index (χ1v) is 6.99. The van der Waals surface area contributed by atoms with Gasteiger partial charge >= 0.3 is 5.76 Å². The predicted octanol–water partition coefficient (Wildman–Crippen LogP) is 1.48. The van der Waals surface area contributed by atoms with Crippen LogP contribution in [0.3, 0.4) is 0 Å². The van der Waals surface area contributed by atoms with Gasteiger partial charge in [0.15, 0.2) is 0 Å². The molecule has 0 spiro atoms. The Morgan fingerprint density at radius 2 is 1.96 bits per heavy atom. The number of rotatable bonds is 6. The van der Waals surface area contributed by atoms with Crippen LogP contribution < -0.4 is 15.8 Å². The third-order valence-corrected chi connectivity index (χ3v) is 3.19. The highest BCUT2D eigenvalue weighted by Crippen LogP contribution is 2.14. The van der Waals surface area contributed by atoms with E-state index in [4.69, 9.17) is 9.15 Å². The zero-order chi connectivity index (χ0) is 16.1. The molecule has 0 saturated heterocycles. The maximum Gasteiger partial charge on any atom is 0.434 e. The number of H-pyrrole nitrogens is 1. The molecule has 0 radical (unpaired) electrons. The average molecular weight is 313 g/mol. The van der Waals surface area contributed by atoms with E-state index in [1.54, 1.807) is 19.5 Å². The SMILES string of the molecule is COc1ccc(CCNc2ncc(-c3n[nH]c(=O)o3)cn2)cc1. The largest absolute Gasteiger partial charge is 0.497 e. The molecular weight excluding hydrogens is 298 g/mol. The lowest BCUT2D eigenvalue weighted by Gasteiger charge is -2.06. The first-order chi connectivity index (χ1) is 11.2. The van der Waals surface area contributed by atoms with Crippen LogP contribution in [0.2, 0.25) is 0 Å². The Kier molecular flexibility index (Phi) is 4.32. The lowest BCUT2D eigenvalue weighted by molar-refractivity contribution is 0.414. The number of hydrogen-bond acceptors (Lipinski definition) is 7. The molecule has 0 atom stereocenters. The van der Waals surface area contributed by atoms with Crippen molar-refractivity contribution in [2.45, 2.75) is 6.42 Å². The summed E-state index contributed by atoms with van der Waals surface area (Å²) in [5, 5.41) is 9.04. The molecule has 2 N–H and O–H groups in total. The lowest BCUT2D eigenvalue weighted by atomic mass is 10.1. The summed E-state index contributed by atoms with van der Waals surface area (Å²) in [7, 11) is 1.64. The van der Waals surface area contributed by atoms with Gasteiger partial charge in [0.1, 0.15) is 5.75 Å². The van der Waals surface area contributed by atoms with E-state index in [0.717, 1.165) is 12.2 Å². The quantitative estimate of drug-likeness (QED) is 0.710. The van der Waals surface area contributed by atoms with Gasteiger partial charge < -0.3 is 14.5 Å². The molecule has 8 heteroatoms. The first kappa shape index (κ1) is 14.8. The molecule has 118 valence electrons. The second-order valence-corrected chi connectivity index (χ2v) is 4.74. The number of nitrogens with one attached hydrogen (secondary N) is 2. The third-order valence-electron chi connectivity index (χ3n) is 3.19. The van der Waals surface area contributed by atoms with Crippen molar-refractivity contribution in [3.05, 3.63) is 52.8 Å². The molecule has 0 aliphatic carbocycles. The number of methoxy groups -OCH3 is 1. The van der Waals surface area contributed by atoms with Gasteiger partial charge in [0.05, 0.1) is 12.7 Å². The second kappa shape index (κ2) is 6.73. The van der Waals surface area contributed by atoms with E-state index >= 15 is 0 Å². The Bertz CT molecular complexity index is 808. The van der Waals surface area contributed by atoms with E-state index < -0.39 is 5.76 Å². The van der Waals surface area contributed by atoms with Crippen molar-refractivity contribution in [1.82, 2.24) is 20.2 Å². The van der Waals surface area contributed by atoms with Gasteiger partial charge in [0, 0.05) is 18.9 Å². The fourth-order valence-corrected chi connectivity index (χ4v) is 1.99. The summed E-state index contributed by atoms with van der Waals surface area (Å²) in [6.45, 7) is 0.698. The zero-order valence-corrected chi connectivity index (χ0v) is 12.4. The van der Waals surface area contributed by atoms with Crippen LogP contribution in [0.15, 0.2) is 45.9 Å².